The lowest BCUT2D eigenvalue weighted by Gasteiger charge is -2.21. The van der Waals surface area contributed by atoms with Crippen LogP contribution in [0.15, 0.2) is 28.7 Å². The van der Waals surface area contributed by atoms with Crippen molar-refractivity contribution in [2.24, 2.45) is 0 Å². The van der Waals surface area contributed by atoms with Crippen LogP contribution in [0.25, 0.3) is 11.0 Å². The van der Waals surface area contributed by atoms with E-state index in [2.05, 4.69) is 5.32 Å². The summed E-state index contributed by atoms with van der Waals surface area (Å²) in [5, 5.41) is 12.6. The number of fused-ring (bicyclic) bond motifs is 1. The van der Waals surface area contributed by atoms with Gasteiger partial charge in [-0.25, -0.2) is 4.79 Å². The zero-order chi connectivity index (χ0) is 17.9. The van der Waals surface area contributed by atoms with E-state index in [1.165, 1.54) is 0 Å². The van der Waals surface area contributed by atoms with Crippen molar-refractivity contribution < 1.29 is 23.8 Å². The van der Waals surface area contributed by atoms with Gasteiger partial charge in [-0.3, -0.25) is 4.79 Å². The highest BCUT2D eigenvalue weighted by atomic mass is 16.5. The number of benzene rings is 1. The number of aliphatic carboxylic acids is 1. The quantitative estimate of drug-likeness (QED) is 0.848. The Balaban J connectivity index is 2.06. The molecule has 0 aliphatic rings. The lowest BCUT2D eigenvalue weighted by Crippen LogP contribution is -2.41. The Kier molecular flexibility index (Phi) is 5.29. The zero-order valence-electron chi connectivity index (χ0n) is 14.4. The Morgan fingerprint density at radius 2 is 2.04 bits per heavy atom. The monoisotopic (exact) mass is 333 g/mol. The van der Waals surface area contributed by atoms with Crippen molar-refractivity contribution >= 4 is 22.8 Å². The van der Waals surface area contributed by atoms with E-state index < -0.39 is 17.9 Å². The first-order valence-corrected chi connectivity index (χ1v) is 7.84. The molecule has 6 heteroatoms. The summed E-state index contributed by atoms with van der Waals surface area (Å²) < 4.78 is 11.1. The van der Waals surface area contributed by atoms with Gasteiger partial charge in [0.05, 0.1) is 5.60 Å². The molecule has 1 atom stereocenters. The number of amides is 1. The van der Waals surface area contributed by atoms with Gasteiger partial charge in [0.1, 0.15) is 11.6 Å². The number of carbonyl (C=O) groups excluding carboxylic acids is 1. The maximum atomic E-state index is 12.3. The lowest BCUT2D eigenvalue weighted by molar-refractivity contribution is -0.140. The van der Waals surface area contributed by atoms with E-state index in [1.54, 1.807) is 6.07 Å². The highest BCUT2D eigenvalue weighted by Crippen LogP contribution is 2.22. The standard InChI is InChI=1S/C18H23NO5/c1-11-6-5-7-12-10-14(24-15(11)12)16(20)19-13(17(21)22)8-9-23-18(2,3)4/h5-7,10,13H,8-9H2,1-4H3,(H,19,20)(H,21,22). The number of rotatable bonds is 6. The first kappa shape index (κ1) is 18.0. The van der Waals surface area contributed by atoms with Crippen molar-refractivity contribution in [1.29, 1.82) is 0 Å². The van der Waals surface area contributed by atoms with Crippen molar-refractivity contribution in [1.82, 2.24) is 5.32 Å². The summed E-state index contributed by atoms with van der Waals surface area (Å²) in [6.45, 7) is 7.78. The van der Waals surface area contributed by atoms with Crippen LogP contribution in [0.5, 0.6) is 0 Å². The van der Waals surface area contributed by atoms with Crippen LogP contribution in [0.4, 0.5) is 0 Å². The Labute approximate surface area is 140 Å². The average Bonchev–Trinajstić information content (AvgIpc) is 2.90. The number of ether oxygens (including phenoxy) is 1. The smallest absolute Gasteiger partial charge is 0.326 e. The van der Waals surface area contributed by atoms with Crippen LogP contribution in [-0.4, -0.2) is 35.2 Å². The number of carbonyl (C=O) groups is 2. The van der Waals surface area contributed by atoms with Gasteiger partial charge < -0.3 is 19.6 Å². The second kappa shape index (κ2) is 7.05. The molecule has 2 aromatic rings. The third kappa shape index (κ3) is 4.58. The van der Waals surface area contributed by atoms with Gasteiger partial charge in [0.15, 0.2) is 5.76 Å². The van der Waals surface area contributed by atoms with E-state index in [4.69, 9.17) is 9.15 Å². The number of carboxylic acids is 1. The van der Waals surface area contributed by atoms with Crippen LogP contribution in [0.2, 0.25) is 0 Å². The second-order valence-corrected chi connectivity index (χ2v) is 6.72. The van der Waals surface area contributed by atoms with E-state index in [0.29, 0.717) is 5.58 Å². The number of furan rings is 1. The molecule has 6 nitrogen and oxygen atoms in total. The number of hydrogen-bond donors (Lipinski definition) is 2. The first-order chi connectivity index (χ1) is 11.2. The molecule has 2 N–H and O–H groups in total. The van der Waals surface area contributed by atoms with E-state index in [0.717, 1.165) is 10.9 Å². The molecule has 0 spiro atoms. The molecular weight excluding hydrogens is 310 g/mol. The van der Waals surface area contributed by atoms with Crippen LogP contribution in [-0.2, 0) is 9.53 Å². The lowest BCUT2D eigenvalue weighted by atomic mass is 10.1. The second-order valence-electron chi connectivity index (χ2n) is 6.72. The Morgan fingerprint density at radius 1 is 1.33 bits per heavy atom. The molecule has 0 aliphatic carbocycles. The van der Waals surface area contributed by atoms with Crippen LogP contribution >= 0.6 is 0 Å². The molecule has 0 saturated heterocycles. The minimum atomic E-state index is -1.10. The number of nitrogens with one attached hydrogen (secondary N) is 1. The fourth-order valence-corrected chi connectivity index (χ4v) is 2.29. The molecule has 1 amide bonds. The molecule has 0 bridgehead atoms. The van der Waals surface area contributed by atoms with Gasteiger partial charge in [-0.2, -0.15) is 0 Å². The van der Waals surface area contributed by atoms with Crippen molar-refractivity contribution in [3.8, 4) is 0 Å². The van der Waals surface area contributed by atoms with E-state index in [1.807, 2.05) is 45.9 Å². The molecular formula is C18H23NO5. The number of hydrogen-bond acceptors (Lipinski definition) is 4. The van der Waals surface area contributed by atoms with Crippen LogP contribution in [0, 0.1) is 6.92 Å². The molecule has 1 aromatic heterocycles. The van der Waals surface area contributed by atoms with E-state index >= 15 is 0 Å². The van der Waals surface area contributed by atoms with Crippen molar-refractivity contribution in [2.75, 3.05) is 6.61 Å². The predicted octanol–water partition coefficient (Wildman–Crippen LogP) is 3.13. The normalized spacial score (nSPS) is 13.0. The van der Waals surface area contributed by atoms with Gasteiger partial charge in [-0.1, -0.05) is 18.2 Å². The van der Waals surface area contributed by atoms with E-state index in [9.17, 15) is 14.7 Å². The summed E-state index contributed by atoms with van der Waals surface area (Å²) in [6, 6.07) is 6.18. The Bertz CT molecular complexity index is 741. The maximum absolute atomic E-state index is 12.3. The first-order valence-electron chi connectivity index (χ1n) is 7.84. The summed E-state index contributed by atoms with van der Waals surface area (Å²) >= 11 is 0. The topological polar surface area (TPSA) is 88.8 Å². The molecule has 1 aromatic carbocycles. The SMILES string of the molecule is Cc1cccc2cc(C(=O)NC(CCOC(C)(C)C)C(=O)O)oc12. The molecule has 1 heterocycles. The molecule has 130 valence electrons. The van der Waals surface area contributed by atoms with Crippen LogP contribution < -0.4 is 5.32 Å². The number of carboxylic acid groups (broad SMARTS) is 1. The average molecular weight is 333 g/mol. The minimum absolute atomic E-state index is 0.0993. The minimum Gasteiger partial charge on any atom is -0.480 e. The molecule has 0 aliphatic heterocycles. The molecule has 0 fully saturated rings. The van der Waals surface area contributed by atoms with Crippen molar-refractivity contribution in [3.05, 3.63) is 35.6 Å². The van der Waals surface area contributed by atoms with Gasteiger partial charge in [0.25, 0.3) is 5.91 Å². The molecule has 0 saturated carbocycles. The van der Waals surface area contributed by atoms with Gasteiger partial charge >= 0.3 is 5.97 Å². The maximum Gasteiger partial charge on any atom is 0.326 e. The highest BCUT2D eigenvalue weighted by molar-refractivity contribution is 5.98. The highest BCUT2D eigenvalue weighted by Gasteiger charge is 2.23. The fourth-order valence-electron chi connectivity index (χ4n) is 2.29. The summed E-state index contributed by atoms with van der Waals surface area (Å²) in [7, 11) is 0. The van der Waals surface area contributed by atoms with Gasteiger partial charge in [-0.05, 0) is 39.3 Å². The number of aryl methyl sites for hydroxylation is 1. The summed E-state index contributed by atoms with van der Waals surface area (Å²) in [4.78, 5) is 23.6. The summed E-state index contributed by atoms with van der Waals surface area (Å²) in [6.07, 6.45) is 0.178. The summed E-state index contributed by atoms with van der Waals surface area (Å²) in [5.41, 5.74) is 1.19. The third-order valence-corrected chi connectivity index (χ3v) is 3.51. The van der Waals surface area contributed by atoms with Gasteiger partial charge in [-0.15, -0.1) is 0 Å². The molecule has 24 heavy (non-hydrogen) atoms. The van der Waals surface area contributed by atoms with E-state index in [-0.39, 0.29) is 24.4 Å². The molecule has 0 radical (unpaired) electrons. The van der Waals surface area contributed by atoms with Gasteiger partial charge in [0.2, 0.25) is 0 Å². The predicted molar refractivity (Wildman–Crippen MR) is 90.2 cm³/mol. The van der Waals surface area contributed by atoms with Crippen LogP contribution in [0.1, 0.15) is 43.3 Å². The molecule has 1 unspecified atom stereocenters. The van der Waals surface area contributed by atoms with Crippen molar-refractivity contribution in [2.45, 2.75) is 45.8 Å². The van der Waals surface area contributed by atoms with Crippen LogP contribution in [0.3, 0.4) is 0 Å². The molecule has 2 rings (SSSR count). The Hall–Kier alpha value is -2.34. The van der Waals surface area contributed by atoms with Gasteiger partial charge in [0, 0.05) is 18.4 Å². The zero-order valence-corrected chi connectivity index (χ0v) is 14.4. The fraction of sp³-hybridized carbons (Fsp3) is 0.444. The third-order valence-electron chi connectivity index (χ3n) is 3.51. The Morgan fingerprint density at radius 3 is 2.62 bits per heavy atom. The number of para-hydroxylation sites is 1. The summed E-state index contributed by atoms with van der Waals surface area (Å²) in [5.74, 6) is -1.55. The van der Waals surface area contributed by atoms with Crippen molar-refractivity contribution in [3.63, 3.8) is 0 Å². The largest absolute Gasteiger partial charge is 0.480 e.